The lowest BCUT2D eigenvalue weighted by molar-refractivity contribution is 0.102. The number of benzene rings is 1. The van der Waals surface area contributed by atoms with Gasteiger partial charge in [-0.25, -0.2) is 17.8 Å². The summed E-state index contributed by atoms with van der Waals surface area (Å²) in [5.41, 5.74) is 0.254. The highest BCUT2D eigenvalue weighted by Crippen LogP contribution is 2.26. The number of carbonyl (C=O) groups is 1. The van der Waals surface area contributed by atoms with Gasteiger partial charge in [0, 0.05) is 18.5 Å². The molecule has 1 aliphatic carbocycles. The second-order valence-electron chi connectivity index (χ2n) is 5.57. The van der Waals surface area contributed by atoms with Crippen LogP contribution in [0.1, 0.15) is 23.2 Å². The molecule has 6 nitrogen and oxygen atoms in total. The normalized spacial score (nSPS) is 14.2. The van der Waals surface area contributed by atoms with E-state index in [1.54, 1.807) is 6.07 Å². The molecule has 1 saturated carbocycles. The van der Waals surface area contributed by atoms with Crippen LogP contribution in [-0.2, 0) is 9.84 Å². The first kappa shape index (κ1) is 16.4. The summed E-state index contributed by atoms with van der Waals surface area (Å²) in [6.07, 6.45) is 4.50. The molecule has 8 heteroatoms. The molecule has 0 bridgehead atoms. The zero-order valence-corrected chi connectivity index (χ0v) is 13.6. The molecular formula is C16H15FN2O4S. The number of sulfone groups is 1. The number of halogens is 1. The first-order valence-corrected chi connectivity index (χ1v) is 9.16. The van der Waals surface area contributed by atoms with Gasteiger partial charge in [0.25, 0.3) is 5.91 Å². The summed E-state index contributed by atoms with van der Waals surface area (Å²) < 4.78 is 42.2. The Kier molecular flexibility index (Phi) is 4.23. The van der Waals surface area contributed by atoms with Crippen molar-refractivity contribution in [3.05, 3.63) is 47.9 Å². The van der Waals surface area contributed by atoms with E-state index in [4.69, 9.17) is 4.74 Å². The summed E-state index contributed by atoms with van der Waals surface area (Å²) in [4.78, 5) is 16.0. The van der Waals surface area contributed by atoms with E-state index in [0.29, 0.717) is 5.88 Å². The average Bonchev–Trinajstić information content (AvgIpc) is 3.32. The lowest BCUT2D eigenvalue weighted by atomic mass is 10.2. The first-order chi connectivity index (χ1) is 11.3. The maximum absolute atomic E-state index is 13.3. The van der Waals surface area contributed by atoms with Crippen LogP contribution in [0.3, 0.4) is 0 Å². The van der Waals surface area contributed by atoms with Crippen LogP contribution in [0.2, 0.25) is 0 Å². The predicted molar refractivity (Wildman–Crippen MR) is 85.4 cm³/mol. The van der Waals surface area contributed by atoms with Crippen LogP contribution in [0.15, 0.2) is 41.4 Å². The smallest absolute Gasteiger partial charge is 0.257 e. The number of rotatable bonds is 5. The quantitative estimate of drug-likeness (QED) is 0.895. The third-order valence-electron chi connectivity index (χ3n) is 3.40. The van der Waals surface area contributed by atoms with Gasteiger partial charge in [-0.15, -0.1) is 0 Å². The molecule has 2 aromatic rings. The van der Waals surface area contributed by atoms with Crippen LogP contribution >= 0.6 is 0 Å². The Labute approximate surface area is 138 Å². The Hall–Kier alpha value is -2.48. The Morgan fingerprint density at radius 1 is 1.29 bits per heavy atom. The zero-order valence-electron chi connectivity index (χ0n) is 12.8. The molecule has 1 fully saturated rings. The highest BCUT2D eigenvalue weighted by Gasteiger charge is 2.24. The van der Waals surface area contributed by atoms with Gasteiger partial charge in [-0.2, -0.15) is 0 Å². The van der Waals surface area contributed by atoms with Gasteiger partial charge in [-0.1, -0.05) is 0 Å². The fraction of sp³-hybridized carbons (Fsp3) is 0.250. The van der Waals surface area contributed by atoms with E-state index in [1.165, 1.54) is 18.3 Å². The molecule has 1 aliphatic rings. The number of amides is 1. The molecule has 0 aliphatic heterocycles. The van der Waals surface area contributed by atoms with Gasteiger partial charge < -0.3 is 10.1 Å². The van der Waals surface area contributed by atoms with Crippen LogP contribution in [-0.4, -0.2) is 31.7 Å². The second-order valence-corrected chi connectivity index (χ2v) is 7.55. The number of hydrogen-bond acceptors (Lipinski definition) is 5. The number of hydrogen-bond donors (Lipinski definition) is 1. The maximum atomic E-state index is 13.3. The standard InChI is InChI=1S/C16H15FN2O4S/c1-24(21,22)14-8-11(17)3-6-13(14)19-16(20)10-2-7-15(18-9-10)23-12-4-5-12/h2-3,6-9,12H,4-5H2,1H3,(H,19,20). The first-order valence-electron chi connectivity index (χ1n) is 7.26. The minimum absolute atomic E-state index is 0.0159. The molecule has 1 aromatic heterocycles. The number of pyridine rings is 1. The summed E-state index contributed by atoms with van der Waals surface area (Å²) in [6, 6.07) is 6.27. The maximum Gasteiger partial charge on any atom is 0.257 e. The molecular weight excluding hydrogens is 335 g/mol. The number of nitrogens with zero attached hydrogens (tertiary/aromatic N) is 1. The molecule has 0 atom stereocenters. The molecule has 0 saturated heterocycles. The van der Waals surface area contributed by atoms with Gasteiger partial charge in [0.05, 0.1) is 16.1 Å². The van der Waals surface area contributed by atoms with E-state index >= 15 is 0 Å². The predicted octanol–water partition coefficient (Wildman–Crippen LogP) is 2.42. The number of ether oxygens (including phenoxy) is 1. The largest absolute Gasteiger partial charge is 0.474 e. The molecule has 0 unspecified atom stereocenters. The Bertz CT molecular complexity index is 877. The van der Waals surface area contributed by atoms with E-state index in [-0.39, 0.29) is 22.3 Å². The SMILES string of the molecule is CS(=O)(=O)c1cc(F)ccc1NC(=O)c1ccc(OC2CC2)nc1. The highest BCUT2D eigenvalue weighted by molar-refractivity contribution is 7.90. The van der Waals surface area contributed by atoms with Crippen molar-refractivity contribution in [1.29, 1.82) is 0 Å². The van der Waals surface area contributed by atoms with Crippen molar-refractivity contribution in [1.82, 2.24) is 4.98 Å². The van der Waals surface area contributed by atoms with Gasteiger partial charge in [0.2, 0.25) is 5.88 Å². The van der Waals surface area contributed by atoms with E-state index < -0.39 is 21.6 Å². The van der Waals surface area contributed by atoms with Gasteiger partial charge in [0.15, 0.2) is 9.84 Å². The fourth-order valence-electron chi connectivity index (χ4n) is 2.04. The van der Waals surface area contributed by atoms with Gasteiger partial charge in [-0.3, -0.25) is 4.79 Å². The van der Waals surface area contributed by atoms with Gasteiger partial charge in [0.1, 0.15) is 11.9 Å². The zero-order chi connectivity index (χ0) is 17.3. The number of carbonyl (C=O) groups excluding carboxylic acids is 1. The third kappa shape index (κ3) is 3.88. The summed E-state index contributed by atoms with van der Waals surface area (Å²) in [6.45, 7) is 0. The van der Waals surface area contributed by atoms with Gasteiger partial charge >= 0.3 is 0 Å². The van der Waals surface area contributed by atoms with Crippen molar-refractivity contribution in [3.63, 3.8) is 0 Å². The van der Waals surface area contributed by atoms with Crippen LogP contribution in [0.25, 0.3) is 0 Å². The fourth-order valence-corrected chi connectivity index (χ4v) is 2.89. The van der Waals surface area contributed by atoms with E-state index in [1.807, 2.05) is 0 Å². The van der Waals surface area contributed by atoms with Gasteiger partial charge in [-0.05, 0) is 37.1 Å². The van der Waals surface area contributed by atoms with Crippen LogP contribution in [0.5, 0.6) is 5.88 Å². The van der Waals surface area contributed by atoms with Crippen molar-refractivity contribution in [2.24, 2.45) is 0 Å². The monoisotopic (exact) mass is 350 g/mol. The molecule has 0 radical (unpaired) electrons. The van der Waals surface area contributed by atoms with Crippen molar-refractivity contribution in [2.75, 3.05) is 11.6 Å². The van der Waals surface area contributed by atoms with Crippen LogP contribution in [0, 0.1) is 5.82 Å². The van der Waals surface area contributed by atoms with Crippen molar-refractivity contribution < 1.29 is 22.3 Å². The summed E-state index contributed by atoms with van der Waals surface area (Å²) >= 11 is 0. The molecule has 1 amide bonds. The van der Waals surface area contributed by atoms with Crippen molar-refractivity contribution in [3.8, 4) is 5.88 Å². The van der Waals surface area contributed by atoms with Crippen molar-refractivity contribution >= 4 is 21.4 Å². The van der Waals surface area contributed by atoms with Crippen LogP contribution < -0.4 is 10.1 Å². The molecule has 24 heavy (non-hydrogen) atoms. The Morgan fingerprint density at radius 2 is 2.04 bits per heavy atom. The minimum atomic E-state index is -3.69. The summed E-state index contributed by atoms with van der Waals surface area (Å²) in [5, 5.41) is 2.47. The lowest BCUT2D eigenvalue weighted by Gasteiger charge is -2.10. The topological polar surface area (TPSA) is 85.4 Å². The van der Waals surface area contributed by atoms with E-state index in [0.717, 1.165) is 31.2 Å². The average molecular weight is 350 g/mol. The number of aromatic nitrogens is 1. The second kappa shape index (κ2) is 6.20. The molecule has 126 valence electrons. The molecule has 0 spiro atoms. The molecule has 3 rings (SSSR count). The molecule has 1 N–H and O–H groups in total. The van der Waals surface area contributed by atoms with E-state index in [2.05, 4.69) is 10.3 Å². The summed E-state index contributed by atoms with van der Waals surface area (Å²) in [5.74, 6) is -0.804. The third-order valence-corrected chi connectivity index (χ3v) is 4.54. The Morgan fingerprint density at radius 3 is 2.62 bits per heavy atom. The molecule has 1 heterocycles. The number of nitrogens with one attached hydrogen (secondary N) is 1. The summed E-state index contributed by atoms with van der Waals surface area (Å²) in [7, 11) is -3.69. The minimum Gasteiger partial charge on any atom is -0.474 e. The van der Waals surface area contributed by atoms with E-state index in [9.17, 15) is 17.6 Å². The molecule has 1 aromatic carbocycles. The van der Waals surface area contributed by atoms with Crippen molar-refractivity contribution in [2.45, 2.75) is 23.8 Å². The Balaban J connectivity index is 1.79. The highest BCUT2D eigenvalue weighted by atomic mass is 32.2. The number of anilines is 1. The lowest BCUT2D eigenvalue weighted by Crippen LogP contribution is -2.15. The van der Waals surface area contributed by atoms with Crippen LogP contribution in [0.4, 0.5) is 10.1 Å².